The SMILES string of the molecule is Cc1ccc(OC(C)C(=O)NC2(C(=O)O)CCSC2)c(Br)c1. The highest BCUT2D eigenvalue weighted by atomic mass is 79.9. The zero-order valence-corrected chi connectivity index (χ0v) is 14.8. The van der Waals surface area contributed by atoms with Crippen LogP contribution in [0.25, 0.3) is 0 Å². The molecule has 7 heteroatoms. The van der Waals surface area contributed by atoms with Gasteiger partial charge in [0.05, 0.1) is 4.47 Å². The lowest BCUT2D eigenvalue weighted by Gasteiger charge is -2.26. The highest BCUT2D eigenvalue weighted by Gasteiger charge is 2.44. The molecule has 0 saturated carbocycles. The summed E-state index contributed by atoms with van der Waals surface area (Å²) < 4.78 is 6.40. The molecule has 1 aromatic rings. The van der Waals surface area contributed by atoms with E-state index >= 15 is 0 Å². The lowest BCUT2D eigenvalue weighted by Crippen LogP contribution is -2.57. The van der Waals surface area contributed by atoms with Crippen molar-refractivity contribution in [3.05, 3.63) is 28.2 Å². The van der Waals surface area contributed by atoms with E-state index in [1.165, 1.54) is 11.8 Å². The number of carbonyl (C=O) groups is 2. The third kappa shape index (κ3) is 3.76. The van der Waals surface area contributed by atoms with Crippen LogP contribution in [-0.2, 0) is 9.59 Å². The minimum Gasteiger partial charge on any atom is -0.480 e. The van der Waals surface area contributed by atoms with Crippen molar-refractivity contribution in [3.8, 4) is 5.75 Å². The molecule has 1 aromatic carbocycles. The van der Waals surface area contributed by atoms with Gasteiger partial charge in [-0.15, -0.1) is 0 Å². The summed E-state index contributed by atoms with van der Waals surface area (Å²) in [6.07, 6.45) is -0.347. The molecule has 2 unspecified atom stereocenters. The van der Waals surface area contributed by atoms with Crippen LogP contribution in [0.15, 0.2) is 22.7 Å². The standard InChI is InChI=1S/C15H18BrNO4S/c1-9-3-4-12(11(16)7-9)21-10(2)13(18)17-15(14(19)20)5-6-22-8-15/h3-4,7,10H,5-6,8H2,1-2H3,(H,17,18)(H,19,20). The fraction of sp³-hybridized carbons (Fsp3) is 0.467. The number of amides is 1. The van der Waals surface area contributed by atoms with Gasteiger partial charge >= 0.3 is 5.97 Å². The van der Waals surface area contributed by atoms with Crippen LogP contribution in [0.1, 0.15) is 18.9 Å². The lowest BCUT2D eigenvalue weighted by atomic mass is 9.99. The van der Waals surface area contributed by atoms with E-state index in [0.717, 1.165) is 15.8 Å². The number of thioether (sulfide) groups is 1. The number of nitrogens with one attached hydrogen (secondary N) is 1. The predicted molar refractivity (Wildman–Crippen MR) is 89.4 cm³/mol. The van der Waals surface area contributed by atoms with Crippen molar-refractivity contribution in [2.45, 2.75) is 31.9 Å². The molecule has 1 aliphatic rings. The first-order chi connectivity index (χ1) is 10.3. The molecule has 1 heterocycles. The van der Waals surface area contributed by atoms with Crippen LogP contribution >= 0.6 is 27.7 Å². The van der Waals surface area contributed by atoms with Gasteiger partial charge in [-0.2, -0.15) is 11.8 Å². The van der Waals surface area contributed by atoms with Crippen molar-refractivity contribution >= 4 is 39.6 Å². The molecule has 1 fully saturated rings. The second kappa shape index (κ2) is 6.91. The van der Waals surface area contributed by atoms with Gasteiger partial charge in [-0.05, 0) is 59.6 Å². The molecular formula is C15H18BrNO4S. The molecule has 0 spiro atoms. The first kappa shape index (κ1) is 17.1. The van der Waals surface area contributed by atoms with Crippen LogP contribution in [0.3, 0.4) is 0 Å². The number of benzene rings is 1. The van der Waals surface area contributed by atoms with E-state index in [0.29, 0.717) is 17.9 Å². The highest BCUT2D eigenvalue weighted by molar-refractivity contribution is 9.10. The minimum absolute atomic E-state index is 0.384. The largest absolute Gasteiger partial charge is 0.480 e. The summed E-state index contributed by atoms with van der Waals surface area (Å²) in [6, 6.07) is 5.56. The molecule has 120 valence electrons. The van der Waals surface area contributed by atoms with Gasteiger partial charge < -0.3 is 15.2 Å². The Hall–Kier alpha value is -1.21. The van der Waals surface area contributed by atoms with Crippen LogP contribution in [0.4, 0.5) is 0 Å². The Kier molecular flexibility index (Phi) is 5.39. The van der Waals surface area contributed by atoms with E-state index in [2.05, 4.69) is 21.2 Å². The fourth-order valence-corrected chi connectivity index (χ4v) is 4.08. The summed E-state index contributed by atoms with van der Waals surface area (Å²) >= 11 is 4.92. The maximum Gasteiger partial charge on any atom is 0.330 e. The molecule has 1 saturated heterocycles. The zero-order chi connectivity index (χ0) is 16.3. The Bertz CT molecular complexity index is 587. The maximum absolute atomic E-state index is 12.3. The zero-order valence-electron chi connectivity index (χ0n) is 12.4. The Morgan fingerprint density at radius 1 is 1.50 bits per heavy atom. The Morgan fingerprint density at radius 3 is 2.77 bits per heavy atom. The smallest absolute Gasteiger partial charge is 0.330 e. The third-order valence-corrected chi connectivity index (χ3v) is 5.36. The first-order valence-electron chi connectivity index (χ1n) is 6.90. The van der Waals surface area contributed by atoms with E-state index in [-0.39, 0.29) is 0 Å². The van der Waals surface area contributed by atoms with E-state index < -0.39 is 23.5 Å². The summed E-state index contributed by atoms with van der Waals surface area (Å²) in [5.74, 6) is 0.255. The molecule has 2 atom stereocenters. The molecule has 2 rings (SSSR count). The summed E-state index contributed by atoms with van der Waals surface area (Å²) in [5.41, 5.74) is -0.103. The molecule has 0 aliphatic carbocycles. The monoisotopic (exact) mass is 387 g/mol. The number of aliphatic carboxylic acids is 1. The molecule has 22 heavy (non-hydrogen) atoms. The lowest BCUT2D eigenvalue weighted by molar-refractivity contribution is -0.147. The Morgan fingerprint density at radius 2 is 2.23 bits per heavy atom. The topological polar surface area (TPSA) is 75.6 Å². The number of hydrogen-bond acceptors (Lipinski definition) is 4. The average molecular weight is 388 g/mol. The summed E-state index contributed by atoms with van der Waals surface area (Å²) in [7, 11) is 0. The van der Waals surface area contributed by atoms with Crippen molar-refractivity contribution in [1.82, 2.24) is 5.32 Å². The fourth-order valence-electron chi connectivity index (χ4n) is 2.17. The number of carboxylic acid groups (broad SMARTS) is 1. The summed E-state index contributed by atoms with van der Waals surface area (Å²) in [5, 5.41) is 12.0. The Balaban J connectivity index is 2.04. The molecule has 5 nitrogen and oxygen atoms in total. The molecular weight excluding hydrogens is 370 g/mol. The number of ether oxygens (including phenoxy) is 1. The second-order valence-corrected chi connectivity index (χ2v) is 7.33. The first-order valence-corrected chi connectivity index (χ1v) is 8.85. The number of carboxylic acids is 1. The van der Waals surface area contributed by atoms with Gasteiger partial charge in [0.15, 0.2) is 6.10 Å². The predicted octanol–water partition coefficient (Wildman–Crippen LogP) is 2.60. The highest BCUT2D eigenvalue weighted by Crippen LogP contribution is 2.29. The van der Waals surface area contributed by atoms with E-state index in [1.807, 2.05) is 19.1 Å². The number of aryl methyl sites for hydroxylation is 1. The van der Waals surface area contributed by atoms with Gasteiger partial charge in [-0.1, -0.05) is 6.07 Å². The molecule has 1 amide bonds. The van der Waals surface area contributed by atoms with E-state index in [9.17, 15) is 14.7 Å². The van der Waals surface area contributed by atoms with Crippen LogP contribution < -0.4 is 10.1 Å². The number of halogens is 1. The van der Waals surface area contributed by atoms with Gasteiger partial charge in [0.1, 0.15) is 11.3 Å². The Labute approximate surface area is 141 Å². The second-order valence-electron chi connectivity index (χ2n) is 5.37. The van der Waals surface area contributed by atoms with E-state index in [4.69, 9.17) is 4.74 Å². The van der Waals surface area contributed by atoms with Crippen LogP contribution in [0, 0.1) is 6.92 Å². The van der Waals surface area contributed by atoms with Crippen molar-refractivity contribution in [2.75, 3.05) is 11.5 Å². The molecule has 0 bridgehead atoms. The van der Waals surface area contributed by atoms with E-state index in [1.54, 1.807) is 13.0 Å². The molecule has 0 aromatic heterocycles. The average Bonchev–Trinajstić information content (AvgIpc) is 2.91. The van der Waals surface area contributed by atoms with Gasteiger partial charge in [0.2, 0.25) is 0 Å². The van der Waals surface area contributed by atoms with Gasteiger partial charge in [-0.25, -0.2) is 4.79 Å². The van der Waals surface area contributed by atoms with Crippen molar-refractivity contribution in [1.29, 1.82) is 0 Å². The van der Waals surface area contributed by atoms with Crippen LogP contribution in [0.2, 0.25) is 0 Å². The molecule has 0 radical (unpaired) electrons. The summed E-state index contributed by atoms with van der Waals surface area (Å²) in [6.45, 7) is 3.57. The number of hydrogen-bond donors (Lipinski definition) is 2. The maximum atomic E-state index is 12.3. The van der Waals surface area contributed by atoms with Crippen LogP contribution in [-0.4, -0.2) is 40.1 Å². The summed E-state index contributed by atoms with van der Waals surface area (Å²) in [4.78, 5) is 23.7. The minimum atomic E-state index is -1.18. The van der Waals surface area contributed by atoms with Crippen molar-refractivity contribution in [2.24, 2.45) is 0 Å². The number of carbonyl (C=O) groups excluding carboxylic acids is 1. The number of rotatable bonds is 5. The van der Waals surface area contributed by atoms with Crippen molar-refractivity contribution < 1.29 is 19.4 Å². The van der Waals surface area contributed by atoms with Gasteiger partial charge in [0.25, 0.3) is 5.91 Å². The third-order valence-electron chi connectivity index (χ3n) is 3.55. The molecule has 1 aliphatic heterocycles. The van der Waals surface area contributed by atoms with Crippen molar-refractivity contribution in [3.63, 3.8) is 0 Å². The quantitative estimate of drug-likeness (QED) is 0.811. The van der Waals surface area contributed by atoms with Gasteiger partial charge in [0, 0.05) is 5.75 Å². The van der Waals surface area contributed by atoms with Gasteiger partial charge in [-0.3, -0.25) is 4.79 Å². The normalized spacial score (nSPS) is 22.1. The molecule has 2 N–H and O–H groups in total. The van der Waals surface area contributed by atoms with Crippen LogP contribution in [0.5, 0.6) is 5.75 Å².